The van der Waals surface area contributed by atoms with E-state index >= 15 is 0 Å². The van der Waals surface area contributed by atoms with Gasteiger partial charge in [0.05, 0.1) is 19.9 Å². The smallest absolute Gasteiger partial charge is 0.275 e. The van der Waals surface area contributed by atoms with Gasteiger partial charge in [0.25, 0.3) is 5.96 Å². The lowest BCUT2D eigenvalue weighted by Gasteiger charge is -2.45. The lowest BCUT2D eigenvalue weighted by atomic mass is 10.0. The van der Waals surface area contributed by atoms with Crippen LogP contribution in [0.1, 0.15) is 65.2 Å². The highest BCUT2D eigenvalue weighted by atomic mass is 16.7. The van der Waals surface area contributed by atoms with E-state index < -0.39 is 5.03 Å². The molecule has 0 spiro atoms. The zero-order valence-corrected chi connectivity index (χ0v) is 17.3. The molecule has 8 heteroatoms. The summed E-state index contributed by atoms with van der Waals surface area (Å²) in [4.78, 5) is 17.5. The number of hydrazone groups is 1. The van der Waals surface area contributed by atoms with Gasteiger partial charge in [0, 0.05) is 32.2 Å². The Kier molecular flexibility index (Phi) is 9.27. The Morgan fingerprint density at radius 3 is 2.67 bits per heavy atom. The topological polar surface area (TPSA) is 74.5 Å². The van der Waals surface area contributed by atoms with E-state index in [0.717, 1.165) is 32.6 Å². The van der Waals surface area contributed by atoms with Crippen LogP contribution >= 0.6 is 0 Å². The van der Waals surface area contributed by atoms with Gasteiger partial charge in [0.2, 0.25) is 0 Å². The Labute approximate surface area is 163 Å². The van der Waals surface area contributed by atoms with Gasteiger partial charge in [-0.1, -0.05) is 46.0 Å². The van der Waals surface area contributed by atoms with Crippen LogP contribution in [0.5, 0.6) is 0 Å². The van der Waals surface area contributed by atoms with Crippen LogP contribution in [0.15, 0.2) is 5.10 Å². The van der Waals surface area contributed by atoms with E-state index in [1.54, 1.807) is 0 Å². The number of ether oxygens (including phenoxy) is 1. The van der Waals surface area contributed by atoms with Crippen molar-refractivity contribution in [1.29, 1.82) is 0 Å². The molecular formula is C19H37N5O3. The van der Waals surface area contributed by atoms with Crippen LogP contribution in [0.2, 0.25) is 0 Å². The number of hydrogen-bond donors (Lipinski definition) is 0. The van der Waals surface area contributed by atoms with E-state index in [9.17, 15) is 10.1 Å². The zero-order valence-electron chi connectivity index (χ0n) is 17.3. The first-order valence-electron chi connectivity index (χ1n) is 10.6. The Balaban J connectivity index is 2.06. The Hall–Kier alpha value is -1.41. The second-order valence-electron chi connectivity index (χ2n) is 7.95. The van der Waals surface area contributed by atoms with Crippen molar-refractivity contribution in [3.8, 4) is 0 Å². The predicted octanol–water partition coefficient (Wildman–Crippen LogP) is 3.17. The van der Waals surface area contributed by atoms with Crippen LogP contribution in [0, 0.1) is 16.0 Å². The van der Waals surface area contributed by atoms with Gasteiger partial charge in [-0.2, -0.15) is 0 Å². The number of rotatable bonds is 11. The molecule has 2 aliphatic heterocycles. The highest BCUT2D eigenvalue weighted by molar-refractivity contribution is 5.79. The van der Waals surface area contributed by atoms with Crippen LogP contribution in [-0.2, 0) is 4.74 Å². The van der Waals surface area contributed by atoms with Crippen LogP contribution in [-0.4, -0.2) is 71.9 Å². The SMILES string of the molecule is CCCCCCC(CCC)N1CN(C)C(=N[N+](=O)[O-])N(CC2CCOC2)C1. The minimum Gasteiger partial charge on any atom is -0.381 e. The van der Waals surface area contributed by atoms with Gasteiger partial charge >= 0.3 is 0 Å². The van der Waals surface area contributed by atoms with Gasteiger partial charge < -0.3 is 14.5 Å². The fourth-order valence-corrected chi connectivity index (χ4v) is 4.18. The van der Waals surface area contributed by atoms with E-state index in [0.29, 0.717) is 31.3 Å². The van der Waals surface area contributed by atoms with Crippen LogP contribution in [0.3, 0.4) is 0 Å². The van der Waals surface area contributed by atoms with Crippen LogP contribution < -0.4 is 0 Å². The Morgan fingerprint density at radius 1 is 1.22 bits per heavy atom. The molecule has 0 aromatic carbocycles. The van der Waals surface area contributed by atoms with Gasteiger partial charge in [0.1, 0.15) is 5.10 Å². The first-order valence-corrected chi connectivity index (χ1v) is 10.6. The third kappa shape index (κ3) is 6.92. The van der Waals surface area contributed by atoms with Crippen molar-refractivity contribution in [2.45, 2.75) is 71.3 Å². The fourth-order valence-electron chi connectivity index (χ4n) is 4.18. The third-order valence-corrected chi connectivity index (χ3v) is 5.57. The molecule has 0 aliphatic carbocycles. The molecule has 2 rings (SSSR count). The van der Waals surface area contributed by atoms with Crippen molar-refractivity contribution in [3.05, 3.63) is 10.1 Å². The molecule has 0 aromatic rings. The lowest BCUT2D eigenvalue weighted by molar-refractivity contribution is -0.486. The number of hydrogen-bond acceptors (Lipinski definition) is 4. The minimum atomic E-state index is -0.575. The molecule has 27 heavy (non-hydrogen) atoms. The molecule has 0 N–H and O–H groups in total. The van der Waals surface area contributed by atoms with E-state index in [1.165, 1.54) is 38.5 Å². The molecule has 2 heterocycles. The maximum atomic E-state index is 11.0. The van der Waals surface area contributed by atoms with Crippen LogP contribution in [0.25, 0.3) is 0 Å². The van der Waals surface area contributed by atoms with E-state index in [-0.39, 0.29) is 0 Å². The molecule has 2 aliphatic rings. The maximum absolute atomic E-state index is 11.0. The molecule has 0 bridgehead atoms. The van der Waals surface area contributed by atoms with Gasteiger partial charge in [-0.25, -0.2) is 10.1 Å². The molecule has 0 aromatic heterocycles. The van der Waals surface area contributed by atoms with Crippen molar-refractivity contribution in [2.24, 2.45) is 11.0 Å². The third-order valence-electron chi connectivity index (χ3n) is 5.57. The second-order valence-corrected chi connectivity index (χ2v) is 7.95. The summed E-state index contributed by atoms with van der Waals surface area (Å²) in [5.74, 6) is 0.897. The molecule has 8 nitrogen and oxygen atoms in total. The number of guanidine groups is 1. The van der Waals surface area contributed by atoms with Crippen molar-refractivity contribution in [2.75, 3.05) is 40.1 Å². The standard InChI is InChI=1S/C19H37N5O3/c1-4-6-7-8-10-18(9-5-2)23-15-21(3)19(20-24(25)26)22(16-23)13-17-11-12-27-14-17/h17-18H,4-16H2,1-3H3. The quantitative estimate of drug-likeness (QED) is 0.310. The fraction of sp³-hybridized carbons (Fsp3) is 0.947. The summed E-state index contributed by atoms with van der Waals surface area (Å²) in [6, 6.07) is 0.522. The summed E-state index contributed by atoms with van der Waals surface area (Å²) in [6.45, 7) is 8.18. The minimum absolute atomic E-state index is 0.421. The van der Waals surface area contributed by atoms with Crippen molar-refractivity contribution < 1.29 is 9.77 Å². The average molecular weight is 384 g/mol. The number of nitrogens with zero attached hydrogens (tertiary/aromatic N) is 5. The summed E-state index contributed by atoms with van der Waals surface area (Å²) in [6.07, 6.45) is 9.63. The monoisotopic (exact) mass is 383 g/mol. The predicted molar refractivity (Wildman–Crippen MR) is 107 cm³/mol. The number of unbranched alkanes of at least 4 members (excludes halogenated alkanes) is 3. The van der Waals surface area contributed by atoms with E-state index in [2.05, 4.69) is 28.7 Å². The van der Waals surface area contributed by atoms with Gasteiger partial charge in [-0.3, -0.25) is 4.90 Å². The van der Waals surface area contributed by atoms with Crippen molar-refractivity contribution >= 4 is 5.96 Å². The Bertz CT molecular complexity index is 482. The van der Waals surface area contributed by atoms with Gasteiger partial charge in [0.15, 0.2) is 5.03 Å². The van der Waals surface area contributed by atoms with E-state index in [4.69, 9.17) is 4.74 Å². The molecule has 156 valence electrons. The second kappa shape index (κ2) is 11.4. The Morgan fingerprint density at radius 2 is 2.04 bits per heavy atom. The maximum Gasteiger partial charge on any atom is 0.275 e. The summed E-state index contributed by atoms with van der Waals surface area (Å²) >= 11 is 0. The van der Waals surface area contributed by atoms with Gasteiger partial charge in [-0.15, -0.1) is 0 Å². The number of nitro groups is 1. The molecule has 2 atom stereocenters. The molecular weight excluding hydrogens is 346 g/mol. The summed E-state index contributed by atoms with van der Waals surface area (Å²) in [5, 5.41) is 14.2. The zero-order chi connectivity index (χ0) is 19.6. The first-order chi connectivity index (χ1) is 13.0. The molecule has 2 fully saturated rings. The molecule has 2 saturated heterocycles. The molecule has 0 radical (unpaired) electrons. The summed E-state index contributed by atoms with van der Waals surface area (Å²) in [5.41, 5.74) is 0. The lowest BCUT2D eigenvalue weighted by Crippen LogP contribution is -2.60. The van der Waals surface area contributed by atoms with Gasteiger partial charge in [-0.05, 0) is 19.3 Å². The van der Waals surface area contributed by atoms with Crippen molar-refractivity contribution in [1.82, 2.24) is 14.7 Å². The average Bonchev–Trinajstić information content (AvgIpc) is 3.13. The molecule has 2 unspecified atom stereocenters. The summed E-state index contributed by atoms with van der Waals surface area (Å²) in [7, 11) is 1.91. The highest BCUT2D eigenvalue weighted by Crippen LogP contribution is 2.22. The molecule has 0 saturated carbocycles. The first kappa shape index (κ1) is 21.9. The summed E-state index contributed by atoms with van der Waals surface area (Å²) < 4.78 is 5.50. The highest BCUT2D eigenvalue weighted by Gasteiger charge is 2.34. The van der Waals surface area contributed by atoms with Crippen LogP contribution in [0.4, 0.5) is 0 Å². The van der Waals surface area contributed by atoms with E-state index in [1.807, 2.05) is 11.9 Å². The molecule has 0 amide bonds. The normalized spacial score (nSPS) is 24.0. The largest absolute Gasteiger partial charge is 0.381 e. The van der Waals surface area contributed by atoms with Crippen molar-refractivity contribution in [3.63, 3.8) is 0 Å².